The van der Waals surface area contributed by atoms with Crippen LogP contribution in [0.5, 0.6) is 0 Å². The number of carboxylic acid groups (broad SMARTS) is 1. The van der Waals surface area contributed by atoms with Crippen LogP contribution in [-0.4, -0.2) is 28.1 Å². The normalized spacial score (nSPS) is 15.6. The van der Waals surface area contributed by atoms with Gasteiger partial charge >= 0.3 is 12.0 Å². The monoisotopic (exact) mass is 263 g/mol. The van der Waals surface area contributed by atoms with Crippen molar-refractivity contribution in [1.82, 2.24) is 15.6 Å². The van der Waals surface area contributed by atoms with Crippen LogP contribution in [0.25, 0.3) is 0 Å². The van der Waals surface area contributed by atoms with Gasteiger partial charge in [0.05, 0.1) is 12.2 Å². The quantitative estimate of drug-likeness (QED) is 0.717. The fraction of sp³-hybridized carbons (Fsp3) is 0.462. The molecular formula is C13H17N3O3. The molecule has 0 aliphatic heterocycles. The van der Waals surface area contributed by atoms with Crippen LogP contribution < -0.4 is 10.6 Å². The summed E-state index contributed by atoms with van der Waals surface area (Å²) >= 11 is 0. The first-order valence-electron chi connectivity index (χ1n) is 6.32. The van der Waals surface area contributed by atoms with E-state index in [1.807, 2.05) is 6.07 Å². The van der Waals surface area contributed by atoms with Crippen molar-refractivity contribution in [3.63, 3.8) is 0 Å². The zero-order valence-corrected chi connectivity index (χ0v) is 10.5. The summed E-state index contributed by atoms with van der Waals surface area (Å²) in [5.74, 6) is -0.544. The van der Waals surface area contributed by atoms with Crippen molar-refractivity contribution in [2.75, 3.05) is 0 Å². The molecule has 1 aromatic heterocycles. The number of pyridine rings is 1. The Hall–Kier alpha value is -2.11. The van der Waals surface area contributed by atoms with Crippen LogP contribution in [0.4, 0.5) is 4.79 Å². The van der Waals surface area contributed by atoms with E-state index in [1.165, 1.54) is 0 Å². The van der Waals surface area contributed by atoms with E-state index in [1.54, 1.807) is 18.3 Å². The van der Waals surface area contributed by atoms with Crippen LogP contribution in [0.2, 0.25) is 0 Å². The zero-order valence-electron chi connectivity index (χ0n) is 10.5. The topological polar surface area (TPSA) is 91.3 Å². The van der Waals surface area contributed by atoms with E-state index in [2.05, 4.69) is 15.6 Å². The lowest BCUT2D eigenvalue weighted by Crippen LogP contribution is -2.46. The van der Waals surface area contributed by atoms with Gasteiger partial charge in [-0.15, -0.1) is 0 Å². The summed E-state index contributed by atoms with van der Waals surface area (Å²) in [5.41, 5.74) is 0.728. The molecule has 3 N–H and O–H groups in total. The van der Waals surface area contributed by atoms with Crippen LogP contribution >= 0.6 is 0 Å². The Balaban J connectivity index is 1.77. The molecule has 0 saturated heterocycles. The highest BCUT2D eigenvalue weighted by Crippen LogP contribution is 2.33. The molecule has 2 rings (SSSR count). The number of carboxylic acids is 1. The molecule has 1 unspecified atom stereocenters. The van der Waals surface area contributed by atoms with E-state index >= 15 is 0 Å². The number of aliphatic carboxylic acids is 1. The van der Waals surface area contributed by atoms with Gasteiger partial charge in [0.15, 0.2) is 0 Å². The number of amides is 2. The molecule has 0 aromatic carbocycles. The summed E-state index contributed by atoms with van der Waals surface area (Å²) < 4.78 is 0. The summed E-state index contributed by atoms with van der Waals surface area (Å²) in [7, 11) is 0. The molecule has 1 aliphatic carbocycles. The minimum atomic E-state index is -0.986. The average Bonchev–Trinajstić information content (AvgIpc) is 3.21. The van der Waals surface area contributed by atoms with Crippen molar-refractivity contribution in [3.8, 4) is 0 Å². The SMILES string of the molecule is O=C(NCc1ccccn1)NC(CC1CC1)C(=O)O. The van der Waals surface area contributed by atoms with Crippen molar-refractivity contribution in [2.45, 2.75) is 31.8 Å². The third-order valence-electron chi connectivity index (χ3n) is 3.03. The molecule has 0 spiro atoms. The molecule has 1 aliphatic rings. The molecule has 0 radical (unpaired) electrons. The van der Waals surface area contributed by atoms with Crippen LogP contribution in [0.15, 0.2) is 24.4 Å². The lowest BCUT2D eigenvalue weighted by atomic mass is 10.1. The summed E-state index contributed by atoms with van der Waals surface area (Å²) in [6, 6.07) is 4.13. The van der Waals surface area contributed by atoms with Crippen LogP contribution in [0, 0.1) is 5.92 Å². The molecule has 1 heterocycles. The second kappa shape index (κ2) is 6.17. The Morgan fingerprint density at radius 3 is 2.79 bits per heavy atom. The first-order chi connectivity index (χ1) is 9.15. The van der Waals surface area contributed by atoms with Crippen molar-refractivity contribution >= 4 is 12.0 Å². The molecule has 102 valence electrons. The van der Waals surface area contributed by atoms with E-state index in [0.29, 0.717) is 12.3 Å². The fourth-order valence-corrected chi connectivity index (χ4v) is 1.79. The van der Waals surface area contributed by atoms with Gasteiger partial charge < -0.3 is 15.7 Å². The third-order valence-corrected chi connectivity index (χ3v) is 3.03. The largest absolute Gasteiger partial charge is 0.480 e. The van der Waals surface area contributed by atoms with Gasteiger partial charge in [-0.25, -0.2) is 9.59 Å². The molecule has 2 amide bonds. The van der Waals surface area contributed by atoms with Gasteiger partial charge in [-0.1, -0.05) is 18.9 Å². The number of hydrogen-bond acceptors (Lipinski definition) is 3. The van der Waals surface area contributed by atoms with E-state index in [4.69, 9.17) is 5.11 Å². The summed E-state index contributed by atoms with van der Waals surface area (Å²) in [4.78, 5) is 26.7. The molecule has 1 saturated carbocycles. The lowest BCUT2D eigenvalue weighted by Gasteiger charge is -2.14. The Bertz CT molecular complexity index is 446. The van der Waals surface area contributed by atoms with Crippen LogP contribution in [0.1, 0.15) is 25.0 Å². The number of nitrogens with zero attached hydrogens (tertiary/aromatic N) is 1. The van der Waals surface area contributed by atoms with Gasteiger partial charge in [0.1, 0.15) is 6.04 Å². The number of aromatic nitrogens is 1. The van der Waals surface area contributed by atoms with Gasteiger partial charge in [-0.2, -0.15) is 0 Å². The predicted octanol–water partition coefficient (Wildman–Crippen LogP) is 1.13. The van der Waals surface area contributed by atoms with Gasteiger partial charge in [0, 0.05) is 6.20 Å². The number of urea groups is 1. The minimum absolute atomic E-state index is 0.280. The predicted molar refractivity (Wildman–Crippen MR) is 68.4 cm³/mol. The van der Waals surface area contributed by atoms with Gasteiger partial charge in [0.25, 0.3) is 0 Å². The Morgan fingerprint density at radius 2 is 2.21 bits per heavy atom. The molecule has 6 nitrogen and oxygen atoms in total. The molecule has 6 heteroatoms. The molecule has 1 aromatic rings. The second-order valence-corrected chi connectivity index (χ2v) is 4.72. The Kier molecular flexibility index (Phi) is 4.33. The maximum atomic E-state index is 11.6. The maximum Gasteiger partial charge on any atom is 0.326 e. The van der Waals surface area contributed by atoms with Crippen molar-refractivity contribution < 1.29 is 14.7 Å². The van der Waals surface area contributed by atoms with Gasteiger partial charge in [0.2, 0.25) is 0 Å². The Labute approximate surface area is 111 Å². The van der Waals surface area contributed by atoms with Crippen molar-refractivity contribution in [3.05, 3.63) is 30.1 Å². The summed E-state index contributed by atoms with van der Waals surface area (Å²) in [6.45, 7) is 0.280. The fourth-order valence-electron chi connectivity index (χ4n) is 1.79. The third kappa shape index (κ3) is 4.57. The highest BCUT2D eigenvalue weighted by atomic mass is 16.4. The number of nitrogens with one attached hydrogen (secondary N) is 2. The highest BCUT2D eigenvalue weighted by Gasteiger charge is 2.30. The number of rotatable bonds is 6. The van der Waals surface area contributed by atoms with Crippen molar-refractivity contribution in [1.29, 1.82) is 0 Å². The first-order valence-corrected chi connectivity index (χ1v) is 6.32. The van der Waals surface area contributed by atoms with E-state index in [9.17, 15) is 9.59 Å². The molecule has 19 heavy (non-hydrogen) atoms. The van der Waals surface area contributed by atoms with Crippen LogP contribution in [-0.2, 0) is 11.3 Å². The lowest BCUT2D eigenvalue weighted by molar-refractivity contribution is -0.139. The standard InChI is InChI=1S/C13H17N3O3/c17-12(18)11(7-9-4-5-9)16-13(19)15-8-10-3-1-2-6-14-10/h1-3,6,9,11H,4-5,7-8H2,(H,17,18)(H2,15,16,19). The van der Waals surface area contributed by atoms with Gasteiger partial charge in [-0.05, 0) is 24.5 Å². The second-order valence-electron chi connectivity index (χ2n) is 4.72. The summed E-state index contributed by atoms with van der Waals surface area (Å²) in [6.07, 6.45) is 4.26. The van der Waals surface area contributed by atoms with E-state index < -0.39 is 18.0 Å². The first kappa shape index (κ1) is 13.3. The average molecular weight is 263 g/mol. The summed E-state index contributed by atoms with van der Waals surface area (Å²) in [5, 5.41) is 14.1. The number of hydrogen-bond donors (Lipinski definition) is 3. The van der Waals surface area contributed by atoms with E-state index in [-0.39, 0.29) is 6.54 Å². The smallest absolute Gasteiger partial charge is 0.326 e. The minimum Gasteiger partial charge on any atom is -0.480 e. The molecule has 1 atom stereocenters. The van der Waals surface area contributed by atoms with E-state index in [0.717, 1.165) is 18.5 Å². The molecular weight excluding hydrogens is 246 g/mol. The number of carbonyl (C=O) groups excluding carboxylic acids is 1. The van der Waals surface area contributed by atoms with Crippen LogP contribution in [0.3, 0.4) is 0 Å². The number of carbonyl (C=O) groups is 2. The zero-order chi connectivity index (χ0) is 13.7. The highest BCUT2D eigenvalue weighted by molar-refractivity contribution is 5.82. The van der Waals surface area contributed by atoms with Gasteiger partial charge in [-0.3, -0.25) is 4.98 Å². The molecule has 0 bridgehead atoms. The molecule has 1 fully saturated rings. The van der Waals surface area contributed by atoms with Crippen molar-refractivity contribution in [2.24, 2.45) is 5.92 Å². The maximum absolute atomic E-state index is 11.6. The Morgan fingerprint density at radius 1 is 1.42 bits per heavy atom.